The van der Waals surface area contributed by atoms with Crippen LogP contribution in [0.2, 0.25) is 0 Å². The Morgan fingerprint density at radius 1 is 1.07 bits per heavy atom. The summed E-state index contributed by atoms with van der Waals surface area (Å²) >= 11 is 0. The standard InChI is InChI=1S/C31H35F3N4O5S/c1-2-44(41,42)27-11-7-22(8-12-27)28(17-39)37-29(40)24-14-35-30(36-15-24)38-16-23(13-26(38)19-43-18-20-3-4-20)21-5-9-25(10-6-21)31(32,33)34/h5-12,14-15,20,23,26,28,39H,2-4,13,16-19H2,1H3,(H,37,40)/t23?,26-,28-/m0/s1. The first-order valence-corrected chi connectivity index (χ1v) is 16.2. The van der Waals surface area contributed by atoms with E-state index >= 15 is 0 Å². The molecule has 236 valence electrons. The third-order valence-electron chi connectivity index (χ3n) is 8.15. The highest BCUT2D eigenvalue weighted by atomic mass is 32.2. The number of carbonyl (C=O) groups excluding carboxylic acids is 1. The van der Waals surface area contributed by atoms with Crippen LogP contribution in [0.4, 0.5) is 19.1 Å². The Balaban J connectivity index is 1.27. The predicted octanol–water partition coefficient (Wildman–Crippen LogP) is 4.54. The van der Waals surface area contributed by atoms with Gasteiger partial charge in [0.05, 0.1) is 47.1 Å². The third kappa shape index (κ3) is 7.56. The zero-order valence-electron chi connectivity index (χ0n) is 24.2. The molecular formula is C31H35F3N4O5S. The molecule has 2 aromatic carbocycles. The fourth-order valence-electron chi connectivity index (χ4n) is 5.30. The first kappa shape index (κ1) is 31.9. The number of benzene rings is 2. The number of sulfone groups is 1. The summed E-state index contributed by atoms with van der Waals surface area (Å²) in [6.45, 7) is 2.71. The number of halogens is 3. The molecule has 2 heterocycles. The van der Waals surface area contributed by atoms with Crippen LogP contribution in [0.15, 0.2) is 65.8 Å². The fourth-order valence-corrected chi connectivity index (χ4v) is 6.18. The topological polar surface area (TPSA) is 122 Å². The minimum absolute atomic E-state index is 0.0378. The van der Waals surface area contributed by atoms with E-state index in [1.165, 1.54) is 36.7 Å². The maximum atomic E-state index is 13.1. The van der Waals surface area contributed by atoms with E-state index in [0.29, 0.717) is 43.6 Å². The van der Waals surface area contributed by atoms with E-state index in [1.807, 2.05) is 4.90 Å². The van der Waals surface area contributed by atoms with E-state index in [1.54, 1.807) is 19.1 Å². The summed E-state index contributed by atoms with van der Waals surface area (Å²) in [6, 6.07) is 10.3. The molecule has 1 saturated heterocycles. The molecule has 0 radical (unpaired) electrons. The van der Waals surface area contributed by atoms with Gasteiger partial charge in [0.1, 0.15) is 0 Å². The molecule has 1 saturated carbocycles. The van der Waals surface area contributed by atoms with Crippen molar-refractivity contribution in [3.8, 4) is 0 Å². The van der Waals surface area contributed by atoms with Crippen LogP contribution >= 0.6 is 0 Å². The van der Waals surface area contributed by atoms with Crippen LogP contribution in [0.3, 0.4) is 0 Å². The van der Waals surface area contributed by atoms with E-state index < -0.39 is 40.1 Å². The highest BCUT2D eigenvalue weighted by molar-refractivity contribution is 7.91. The number of alkyl halides is 3. The summed E-state index contributed by atoms with van der Waals surface area (Å²) in [4.78, 5) is 24.0. The number of ether oxygens (including phenoxy) is 1. The van der Waals surface area contributed by atoms with Gasteiger partial charge in [0.2, 0.25) is 5.95 Å². The molecule has 1 aromatic heterocycles. The Kier molecular flexibility index (Phi) is 9.56. The van der Waals surface area contributed by atoms with E-state index in [4.69, 9.17) is 4.74 Å². The van der Waals surface area contributed by atoms with E-state index in [2.05, 4.69) is 15.3 Å². The maximum absolute atomic E-state index is 13.1. The lowest BCUT2D eigenvalue weighted by Gasteiger charge is -2.24. The molecule has 0 spiro atoms. The number of aliphatic hydroxyl groups excluding tert-OH is 1. The molecular weight excluding hydrogens is 597 g/mol. The molecule has 44 heavy (non-hydrogen) atoms. The Bertz CT molecular complexity index is 1530. The molecule has 2 N–H and O–H groups in total. The van der Waals surface area contributed by atoms with Crippen molar-refractivity contribution < 1.29 is 36.2 Å². The van der Waals surface area contributed by atoms with Crippen LogP contribution in [0.5, 0.6) is 0 Å². The van der Waals surface area contributed by atoms with Gasteiger partial charge in [0, 0.05) is 31.5 Å². The average Bonchev–Trinajstić information content (AvgIpc) is 3.76. The van der Waals surface area contributed by atoms with Crippen molar-refractivity contribution in [2.45, 2.75) is 55.3 Å². The maximum Gasteiger partial charge on any atom is 0.416 e. The molecule has 13 heteroatoms. The van der Waals surface area contributed by atoms with Crippen LogP contribution < -0.4 is 10.2 Å². The molecule has 2 fully saturated rings. The number of anilines is 1. The van der Waals surface area contributed by atoms with Crippen molar-refractivity contribution in [3.63, 3.8) is 0 Å². The van der Waals surface area contributed by atoms with Crippen molar-refractivity contribution in [3.05, 3.63) is 83.2 Å². The van der Waals surface area contributed by atoms with Gasteiger partial charge in [-0.2, -0.15) is 13.2 Å². The number of hydrogen-bond acceptors (Lipinski definition) is 8. The van der Waals surface area contributed by atoms with Gasteiger partial charge in [-0.25, -0.2) is 18.4 Å². The lowest BCUT2D eigenvalue weighted by atomic mass is 9.95. The second-order valence-electron chi connectivity index (χ2n) is 11.3. The summed E-state index contributed by atoms with van der Waals surface area (Å²) in [5, 5.41) is 12.6. The highest BCUT2D eigenvalue weighted by Gasteiger charge is 2.36. The molecule has 1 aliphatic carbocycles. The van der Waals surface area contributed by atoms with Crippen molar-refractivity contribution in [2.24, 2.45) is 5.92 Å². The fraction of sp³-hybridized carbons (Fsp3) is 0.452. The van der Waals surface area contributed by atoms with Gasteiger partial charge in [-0.15, -0.1) is 0 Å². The second kappa shape index (κ2) is 13.2. The van der Waals surface area contributed by atoms with E-state index in [0.717, 1.165) is 30.5 Å². The van der Waals surface area contributed by atoms with Crippen molar-refractivity contribution >= 4 is 21.7 Å². The number of carbonyl (C=O) groups is 1. The Hall–Kier alpha value is -3.55. The zero-order valence-corrected chi connectivity index (χ0v) is 25.0. The quantitative estimate of drug-likeness (QED) is 0.299. The van der Waals surface area contributed by atoms with Crippen molar-refractivity contribution in [1.82, 2.24) is 15.3 Å². The van der Waals surface area contributed by atoms with E-state index in [9.17, 15) is 31.5 Å². The lowest BCUT2D eigenvalue weighted by molar-refractivity contribution is -0.137. The Morgan fingerprint density at radius 3 is 2.30 bits per heavy atom. The third-order valence-corrected chi connectivity index (χ3v) is 9.90. The molecule has 0 bridgehead atoms. The highest BCUT2D eigenvalue weighted by Crippen LogP contribution is 2.36. The molecule has 9 nitrogen and oxygen atoms in total. The zero-order chi connectivity index (χ0) is 31.5. The van der Waals surface area contributed by atoms with Crippen LogP contribution in [0, 0.1) is 5.92 Å². The SMILES string of the molecule is CCS(=O)(=O)c1ccc([C@H](CO)NC(=O)c2cnc(N3CC(c4ccc(C(F)(F)F)cc4)C[C@H]3COCC3CC3)nc2)cc1. The first-order chi connectivity index (χ1) is 21.0. The number of rotatable bonds is 12. The van der Waals surface area contributed by atoms with Crippen LogP contribution in [-0.4, -0.2) is 67.6 Å². The molecule has 5 rings (SSSR count). The van der Waals surface area contributed by atoms with Crippen molar-refractivity contribution in [1.29, 1.82) is 0 Å². The number of hydrogen-bond donors (Lipinski definition) is 2. The van der Waals surface area contributed by atoms with Gasteiger partial charge in [0.25, 0.3) is 5.91 Å². The monoisotopic (exact) mass is 632 g/mol. The molecule has 3 aromatic rings. The van der Waals surface area contributed by atoms with E-state index in [-0.39, 0.29) is 28.2 Å². The molecule has 1 aliphatic heterocycles. The molecule has 2 aliphatic rings. The summed E-state index contributed by atoms with van der Waals surface area (Å²) in [5.41, 5.74) is 0.799. The number of nitrogens with one attached hydrogen (secondary N) is 1. The van der Waals surface area contributed by atoms with Gasteiger partial charge in [0.15, 0.2) is 9.84 Å². The van der Waals surface area contributed by atoms with Crippen molar-refractivity contribution in [2.75, 3.05) is 37.0 Å². The summed E-state index contributed by atoms with van der Waals surface area (Å²) < 4.78 is 69.4. The van der Waals surface area contributed by atoms with Gasteiger partial charge in [-0.1, -0.05) is 31.2 Å². The van der Waals surface area contributed by atoms with Crippen LogP contribution in [0.25, 0.3) is 0 Å². The van der Waals surface area contributed by atoms with Gasteiger partial charge in [-0.05, 0) is 60.6 Å². The normalized spacial score (nSPS) is 19.6. The van der Waals surface area contributed by atoms with Gasteiger partial charge >= 0.3 is 6.18 Å². The molecule has 3 atom stereocenters. The smallest absolute Gasteiger partial charge is 0.394 e. The minimum Gasteiger partial charge on any atom is -0.394 e. The second-order valence-corrected chi connectivity index (χ2v) is 13.6. The predicted molar refractivity (Wildman–Crippen MR) is 157 cm³/mol. The number of aromatic nitrogens is 2. The average molecular weight is 633 g/mol. The summed E-state index contributed by atoms with van der Waals surface area (Å²) in [6.07, 6.45) is 1.32. The van der Waals surface area contributed by atoms with Gasteiger partial charge < -0.3 is 20.1 Å². The summed E-state index contributed by atoms with van der Waals surface area (Å²) in [5.74, 6) is 0.345. The summed E-state index contributed by atoms with van der Waals surface area (Å²) in [7, 11) is -3.38. The van der Waals surface area contributed by atoms with Crippen LogP contribution in [-0.2, 0) is 20.8 Å². The number of nitrogens with zero attached hydrogens (tertiary/aromatic N) is 3. The molecule has 1 unspecified atom stereocenters. The minimum atomic E-state index is -4.40. The lowest BCUT2D eigenvalue weighted by Crippen LogP contribution is -2.35. The van der Waals surface area contributed by atoms with Gasteiger partial charge in [-0.3, -0.25) is 4.79 Å². The molecule has 1 amide bonds. The van der Waals surface area contributed by atoms with Crippen LogP contribution in [0.1, 0.15) is 65.2 Å². The number of aliphatic hydroxyl groups is 1. The largest absolute Gasteiger partial charge is 0.416 e. The Labute approximate surface area is 254 Å². The first-order valence-electron chi connectivity index (χ1n) is 14.6. The number of amides is 1. The Morgan fingerprint density at radius 2 is 1.73 bits per heavy atom.